The Morgan fingerprint density at radius 2 is 1.80 bits per heavy atom. The van der Waals surface area contributed by atoms with Crippen LogP contribution in [0.4, 0.5) is 0 Å². The van der Waals surface area contributed by atoms with Crippen molar-refractivity contribution in [2.24, 2.45) is 5.73 Å². The molecule has 2 aromatic carbocycles. The highest BCUT2D eigenvalue weighted by Crippen LogP contribution is 2.25. The fourth-order valence-corrected chi connectivity index (χ4v) is 2.13. The van der Waals surface area contributed by atoms with Gasteiger partial charge in [0.05, 0.1) is 0 Å². The molecule has 3 heteroatoms. The number of aliphatic hydroxyl groups is 1. The number of aliphatic hydroxyl groups excluding tert-OH is 1. The van der Waals surface area contributed by atoms with E-state index in [-0.39, 0.29) is 12.7 Å². The first-order chi connectivity index (χ1) is 9.74. The second-order valence-corrected chi connectivity index (χ2v) is 4.83. The Morgan fingerprint density at radius 1 is 1.10 bits per heavy atom. The van der Waals surface area contributed by atoms with Crippen LogP contribution >= 0.6 is 0 Å². The average Bonchev–Trinajstić information content (AvgIpc) is 2.48. The van der Waals surface area contributed by atoms with Gasteiger partial charge in [0.1, 0.15) is 11.9 Å². The Balaban J connectivity index is 2.20. The fraction of sp³-hybridized carbons (Fsp3) is 0.294. The van der Waals surface area contributed by atoms with E-state index in [1.54, 1.807) is 0 Å². The SMILES string of the molecule is Cc1ccc(C(CN)Oc2ccccc2CCO)cc1. The summed E-state index contributed by atoms with van der Waals surface area (Å²) in [5.41, 5.74) is 9.12. The van der Waals surface area contributed by atoms with E-state index in [0.29, 0.717) is 13.0 Å². The Labute approximate surface area is 120 Å². The molecule has 0 fully saturated rings. The van der Waals surface area contributed by atoms with E-state index in [0.717, 1.165) is 16.9 Å². The molecule has 0 spiro atoms. The molecule has 1 atom stereocenters. The van der Waals surface area contributed by atoms with Gasteiger partial charge in [-0.05, 0) is 30.5 Å². The van der Waals surface area contributed by atoms with E-state index in [4.69, 9.17) is 15.6 Å². The minimum Gasteiger partial charge on any atom is -0.484 e. The van der Waals surface area contributed by atoms with Gasteiger partial charge >= 0.3 is 0 Å². The number of para-hydroxylation sites is 1. The van der Waals surface area contributed by atoms with Crippen LogP contribution in [0.1, 0.15) is 22.8 Å². The van der Waals surface area contributed by atoms with E-state index >= 15 is 0 Å². The molecule has 0 aromatic heterocycles. The molecule has 0 saturated carbocycles. The molecule has 0 aliphatic rings. The topological polar surface area (TPSA) is 55.5 Å². The van der Waals surface area contributed by atoms with Crippen LogP contribution in [0.25, 0.3) is 0 Å². The summed E-state index contributed by atoms with van der Waals surface area (Å²) in [5, 5.41) is 9.10. The maximum absolute atomic E-state index is 9.10. The number of hydrogen-bond acceptors (Lipinski definition) is 3. The minimum atomic E-state index is -0.171. The first-order valence-electron chi connectivity index (χ1n) is 6.86. The van der Waals surface area contributed by atoms with Crippen molar-refractivity contribution < 1.29 is 9.84 Å². The molecule has 0 saturated heterocycles. The molecule has 2 aromatic rings. The molecule has 0 aliphatic carbocycles. The maximum Gasteiger partial charge on any atom is 0.136 e. The number of rotatable bonds is 6. The Kier molecular flexibility index (Phi) is 5.16. The molecule has 0 bridgehead atoms. The molecule has 3 nitrogen and oxygen atoms in total. The van der Waals surface area contributed by atoms with Crippen molar-refractivity contribution in [3.8, 4) is 5.75 Å². The Morgan fingerprint density at radius 3 is 2.45 bits per heavy atom. The zero-order chi connectivity index (χ0) is 14.4. The third-order valence-corrected chi connectivity index (χ3v) is 3.29. The van der Waals surface area contributed by atoms with Gasteiger partial charge in [0.2, 0.25) is 0 Å². The van der Waals surface area contributed by atoms with Gasteiger partial charge in [-0.3, -0.25) is 0 Å². The molecule has 1 unspecified atom stereocenters. The van der Waals surface area contributed by atoms with Crippen molar-refractivity contribution in [2.75, 3.05) is 13.2 Å². The molecular formula is C17H21NO2. The summed E-state index contributed by atoms with van der Waals surface area (Å²) in [6, 6.07) is 16.0. The van der Waals surface area contributed by atoms with Crippen LogP contribution in [0, 0.1) is 6.92 Å². The first-order valence-corrected chi connectivity index (χ1v) is 6.86. The zero-order valence-electron chi connectivity index (χ0n) is 11.8. The van der Waals surface area contributed by atoms with E-state index in [2.05, 4.69) is 19.1 Å². The van der Waals surface area contributed by atoms with Crippen molar-refractivity contribution in [1.82, 2.24) is 0 Å². The van der Waals surface area contributed by atoms with Crippen molar-refractivity contribution >= 4 is 0 Å². The van der Waals surface area contributed by atoms with Gasteiger partial charge in [-0.25, -0.2) is 0 Å². The van der Waals surface area contributed by atoms with Gasteiger partial charge in [-0.1, -0.05) is 48.0 Å². The molecule has 0 radical (unpaired) electrons. The van der Waals surface area contributed by atoms with Crippen LogP contribution < -0.4 is 10.5 Å². The monoisotopic (exact) mass is 271 g/mol. The standard InChI is InChI=1S/C17H21NO2/c1-13-6-8-15(9-7-13)17(12-18)20-16-5-3-2-4-14(16)10-11-19/h2-9,17,19H,10-12,18H2,1H3. The van der Waals surface area contributed by atoms with Gasteiger partial charge in [-0.2, -0.15) is 0 Å². The van der Waals surface area contributed by atoms with Crippen molar-refractivity contribution in [1.29, 1.82) is 0 Å². The van der Waals surface area contributed by atoms with E-state index in [9.17, 15) is 0 Å². The predicted octanol–water partition coefficient (Wildman–Crippen LogP) is 2.61. The van der Waals surface area contributed by atoms with Crippen LogP contribution in [0.3, 0.4) is 0 Å². The third kappa shape index (κ3) is 3.59. The molecule has 20 heavy (non-hydrogen) atoms. The third-order valence-electron chi connectivity index (χ3n) is 3.29. The highest BCUT2D eigenvalue weighted by atomic mass is 16.5. The molecular weight excluding hydrogens is 250 g/mol. The summed E-state index contributed by atoms with van der Waals surface area (Å²) in [5.74, 6) is 0.789. The molecule has 106 valence electrons. The lowest BCUT2D eigenvalue weighted by molar-refractivity contribution is 0.210. The lowest BCUT2D eigenvalue weighted by atomic mass is 10.1. The predicted molar refractivity (Wildman–Crippen MR) is 80.8 cm³/mol. The van der Waals surface area contributed by atoms with E-state index in [1.165, 1.54) is 5.56 Å². The average molecular weight is 271 g/mol. The molecule has 0 aliphatic heterocycles. The van der Waals surface area contributed by atoms with Gasteiger partial charge in [0, 0.05) is 13.2 Å². The molecule has 0 heterocycles. The van der Waals surface area contributed by atoms with Crippen LogP contribution in [0.2, 0.25) is 0 Å². The summed E-state index contributed by atoms with van der Waals surface area (Å²) in [4.78, 5) is 0. The molecule has 3 N–H and O–H groups in total. The Hall–Kier alpha value is -1.84. The summed E-state index contributed by atoms with van der Waals surface area (Å²) < 4.78 is 6.04. The summed E-state index contributed by atoms with van der Waals surface area (Å²) in [6.07, 6.45) is 0.414. The van der Waals surface area contributed by atoms with Crippen LogP contribution in [0.15, 0.2) is 48.5 Å². The molecule has 2 rings (SSSR count). The number of hydrogen-bond donors (Lipinski definition) is 2. The Bertz CT molecular complexity index is 537. The highest BCUT2D eigenvalue weighted by Gasteiger charge is 2.13. The van der Waals surface area contributed by atoms with Crippen LogP contribution in [0.5, 0.6) is 5.75 Å². The van der Waals surface area contributed by atoms with E-state index in [1.807, 2.05) is 36.4 Å². The summed E-state index contributed by atoms with van der Waals surface area (Å²) in [6.45, 7) is 2.58. The van der Waals surface area contributed by atoms with Crippen LogP contribution in [-0.2, 0) is 6.42 Å². The number of benzene rings is 2. The van der Waals surface area contributed by atoms with Gasteiger partial charge in [0.15, 0.2) is 0 Å². The van der Waals surface area contributed by atoms with Gasteiger partial charge in [-0.15, -0.1) is 0 Å². The van der Waals surface area contributed by atoms with E-state index < -0.39 is 0 Å². The maximum atomic E-state index is 9.10. The number of nitrogens with two attached hydrogens (primary N) is 1. The van der Waals surface area contributed by atoms with Crippen molar-refractivity contribution in [3.05, 3.63) is 65.2 Å². The smallest absolute Gasteiger partial charge is 0.136 e. The minimum absolute atomic E-state index is 0.109. The molecule has 0 amide bonds. The van der Waals surface area contributed by atoms with Crippen molar-refractivity contribution in [3.63, 3.8) is 0 Å². The lowest BCUT2D eigenvalue weighted by Gasteiger charge is -2.20. The number of ether oxygens (including phenoxy) is 1. The van der Waals surface area contributed by atoms with Gasteiger partial charge < -0.3 is 15.6 Å². The summed E-state index contributed by atoms with van der Waals surface area (Å²) in [7, 11) is 0. The fourth-order valence-electron chi connectivity index (χ4n) is 2.13. The largest absolute Gasteiger partial charge is 0.484 e. The zero-order valence-corrected chi connectivity index (χ0v) is 11.8. The normalized spacial score (nSPS) is 12.2. The van der Waals surface area contributed by atoms with Gasteiger partial charge in [0.25, 0.3) is 0 Å². The lowest BCUT2D eigenvalue weighted by Crippen LogP contribution is -2.19. The summed E-state index contributed by atoms with van der Waals surface area (Å²) >= 11 is 0. The van der Waals surface area contributed by atoms with Crippen LogP contribution in [-0.4, -0.2) is 18.3 Å². The van der Waals surface area contributed by atoms with Crippen molar-refractivity contribution in [2.45, 2.75) is 19.4 Å². The first kappa shape index (κ1) is 14.6. The number of aryl methyl sites for hydroxylation is 1. The quantitative estimate of drug-likeness (QED) is 0.849. The second-order valence-electron chi connectivity index (χ2n) is 4.83. The highest BCUT2D eigenvalue weighted by molar-refractivity contribution is 5.34. The second kappa shape index (κ2) is 7.08.